The molecule has 2 aromatic carbocycles. The van der Waals surface area contributed by atoms with E-state index in [4.69, 9.17) is 25.0 Å². The van der Waals surface area contributed by atoms with E-state index in [0.29, 0.717) is 24.4 Å². The molecule has 1 aromatic heterocycles. The van der Waals surface area contributed by atoms with Gasteiger partial charge in [-0.25, -0.2) is 0 Å². The number of hydrogen-bond acceptors (Lipinski definition) is 6. The molecule has 1 saturated heterocycles. The number of nitrogens with one attached hydrogen (secondary N) is 2. The van der Waals surface area contributed by atoms with Crippen molar-refractivity contribution in [3.63, 3.8) is 0 Å². The molecule has 0 bridgehead atoms. The SMILES string of the molecule is CCOC(=O)C(Cc1occ2cc(C(=N)N)ccc12)c1ccc(O[C@H]2CCNC2)cc1. The number of hydrogen-bond donors (Lipinski definition) is 3. The van der Waals surface area contributed by atoms with E-state index in [1.54, 1.807) is 19.3 Å². The van der Waals surface area contributed by atoms with Gasteiger partial charge in [0.2, 0.25) is 0 Å². The molecule has 7 heteroatoms. The molecule has 0 spiro atoms. The second-order valence-electron chi connectivity index (χ2n) is 7.69. The minimum absolute atomic E-state index is 0.00439. The Morgan fingerprint density at radius 2 is 2.10 bits per heavy atom. The number of esters is 1. The fourth-order valence-electron chi connectivity index (χ4n) is 3.90. The predicted octanol–water partition coefficient (Wildman–Crippen LogP) is 3.35. The zero-order valence-corrected chi connectivity index (χ0v) is 17.5. The number of fused-ring (bicyclic) bond motifs is 1. The molecule has 3 aromatic rings. The maximum atomic E-state index is 12.8. The monoisotopic (exact) mass is 421 g/mol. The Morgan fingerprint density at radius 1 is 1.29 bits per heavy atom. The number of carbonyl (C=O) groups is 1. The van der Waals surface area contributed by atoms with Gasteiger partial charge in [0, 0.05) is 29.3 Å². The van der Waals surface area contributed by atoms with E-state index in [9.17, 15) is 4.79 Å². The van der Waals surface area contributed by atoms with Gasteiger partial charge in [0.05, 0.1) is 18.8 Å². The number of furan rings is 1. The molecule has 0 aliphatic carbocycles. The summed E-state index contributed by atoms with van der Waals surface area (Å²) in [5.41, 5.74) is 7.06. The summed E-state index contributed by atoms with van der Waals surface area (Å²) in [5.74, 6) is 0.704. The van der Waals surface area contributed by atoms with Crippen LogP contribution in [0.4, 0.5) is 0 Å². The third-order valence-electron chi connectivity index (χ3n) is 5.55. The average Bonchev–Trinajstić information content (AvgIpc) is 3.42. The number of carbonyl (C=O) groups excluding carboxylic acids is 1. The van der Waals surface area contributed by atoms with Gasteiger partial charge in [-0.1, -0.05) is 24.3 Å². The molecule has 4 N–H and O–H groups in total. The summed E-state index contributed by atoms with van der Waals surface area (Å²) in [6, 6.07) is 13.1. The lowest BCUT2D eigenvalue weighted by atomic mass is 9.93. The molecule has 1 aliphatic rings. The van der Waals surface area contributed by atoms with E-state index >= 15 is 0 Å². The maximum Gasteiger partial charge on any atom is 0.313 e. The van der Waals surface area contributed by atoms with Crippen molar-refractivity contribution >= 4 is 22.6 Å². The van der Waals surface area contributed by atoms with E-state index in [2.05, 4.69) is 5.32 Å². The van der Waals surface area contributed by atoms with E-state index in [1.807, 2.05) is 36.4 Å². The van der Waals surface area contributed by atoms with Crippen molar-refractivity contribution in [2.75, 3.05) is 19.7 Å². The van der Waals surface area contributed by atoms with Crippen LogP contribution in [0, 0.1) is 5.41 Å². The topological polar surface area (TPSA) is 111 Å². The molecule has 0 amide bonds. The Hall–Kier alpha value is -3.32. The molecule has 7 nitrogen and oxygen atoms in total. The first kappa shape index (κ1) is 20.9. The number of nitrogen functional groups attached to an aromatic ring is 1. The molecule has 4 rings (SSSR count). The molecule has 1 unspecified atom stereocenters. The van der Waals surface area contributed by atoms with E-state index in [0.717, 1.165) is 41.6 Å². The van der Waals surface area contributed by atoms with Crippen molar-refractivity contribution in [2.24, 2.45) is 5.73 Å². The Labute approximate surface area is 181 Å². The van der Waals surface area contributed by atoms with Crippen LogP contribution in [0.1, 0.15) is 36.1 Å². The third kappa shape index (κ3) is 4.72. The quantitative estimate of drug-likeness (QED) is 0.292. The molecule has 1 aliphatic heterocycles. The van der Waals surface area contributed by atoms with Gasteiger partial charge in [-0.3, -0.25) is 10.2 Å². The molecule has 162 valence electrons. The summed E-state index contributed by atoms with van der Waals surface area (Å²) < 4.78 is 17.1. The van der Waals surface area contributed by atoms with Gasteiger partial charge < -0.3 is 24.9 Å². The molecular weight excluding hydrogens is 394 g/mol. The summed E-state index contributed by atoms with van der Waals surface area (Å²) in [4.78, 5) is 12.8. The zero-order chi connectivity index (χ0) is 21.8. The predicted molar refractivity (Wildman–Crippen MR) is 119 cm³/mol. The van der Waals surface area contributed by atoms with Crippen molar-refractivity contribution in [3.8, 4) is 5.75 Å². The maximum absolute atomic E-state index is 12.8. The van der Waals surface area contributed by atoms with E-state index in [-0.39, 0.29) is 17.9 Å². The van der Waals surface area contributed by atoms with E-state index in [1.165, 1.54) is 0 Å². The fraction of sp³-hybridized carbons (Fsp3) is 0.333. The van der Waals surface area contributed by atoms with Crippen LogP contribution < -0.4 is 15.8 Å². The van der Waals surface area contributed by atoms with Crippen molar-refractivity contribution in [3.05, 3.63) is 65.6 Å². The molecule has 2 atom stereocenters. The highest BCUT2D eigenvalue weighted by molar-refractivity contribution is 5.99. The Bertz CT molecular complexity index is 1070. The van der Waals surface area contributed by atoms with Crippen molar-refractivity contribution in [1.29, 1.82) is 5.41 Å². The normalized spacial score (nSPS) is 16.9. The lowest BCUT2D eigenvalue weighted by Crippen LogP contribution is -2.20. The van der Waals surface area contributed by atoms with Gasteiger partial charge in [0.25, 0.3) is 0 Å². The number of ether oxygens (including phenoxy) is 2. The summed E-state index contributed by atoms with van der Waals surface area (Å²) in [7, 11) is 0. The Kier molecular flexibility index (Phi) is 6.23. The molecule has 31 heavy (non-hydrogen) atoms. The van der Waals surface area contributed by atoms with Crippen LogP contribution in [0.3, 0.4) is 0 Å². The number of amidine groups is 1. The fourth-order valence-corrected chi connectivity index (χ4v) is 3.90. The van der Waals surface area contributed by atoms with Crippen LogP contribution in [0.2, 0.25) is 0 Å². The van der Waals surface area contributed by atoms with Crippen molar-refractivity contribution < 1.29 is 18.7 Å². The van der Waals surface area contributed by atoms with Crippen LogP contribution >= 0.6 is 0 Å². The number of rotatable bonds is 8. The first-order valence-corrected chi connectivity index (χ1v) is 10.5. The average molecular weight is 421 g/mol. The third-order valence-corrected chi connectivity index (χ3v) is 5.55. The molecule has 1 fully saturated rings. The lowest BCUT2D eigenvalue weighted by molar-refractivity contribution is -0.145. The Balaban J connectivity index is 1.57. The largest absolute Gasteiger partial charge is 0.489 e. The van der Waals surface area contributed by atoms with Gasteiger partial charge in [0.1, 0.15) is 23.4 Å². The Morgan fingerprint density at radius 3 is 2.77 bits per heavy atom. The summed E-state index contributed by atoms with van der Waals surface area (Å²) in [5, 5.41) is 12.6. The van der Waals surface area contributed by atoms with Crippen LogP contribution in [0.25, 0.3) is 10.8 Å². The first-order valence-electron chi connectivity index (χ1n) is 10.5. The number of benzene rings is 2. The molecule has 0 radical (unpaired) electrons. The smallest absolute Gasteiger partial charge is 0.313 e. The van der Waals surface area contributed by atoms with Gasteiger partial charge in [-0.05, 0) is 43.7 Å². The molecule has 2 heterocycles. The highest BCUT2D eigenvalue weighted by Gasteiger charge is 2.25. The summed E-state index contributed by atoms with van der Waals surface area (Å²) in [6.45, 7) is 3.93. The minimum Gasteiger partial charge on any atom is -0.489 e. The number of nitrogens with two attached hydrogens (primary N) is 1. The van der Waals surface area contributed by atoms with Crippen LogP contribution in [0.15, 0.2) is 53.1 Å². The molecule has 0 saturated carbocycles. The van der Waals surface area contributed by atoms with Crippen LogP contribution in [-0.4, -0.2) is 37.6 Å². The standard InChI is InChI=1S/C24H27N3O4/c1-2-29-24(28)21(15-3-6-18(7-4-15)31-19-9-10-27-13-19)12-22-20-8-5-16(23(25)26)11-17(20)14-30-22/h3-8,11,14,19,21,27H,2,9-10,12-13H2,1H3,(H3,25,26)/t19-,21?/m0/s1. The first-order chi connectivity index (χ1) is 15.0. The van der Waals surface area contributed by atoms with Crippen LogP contribution in [-0.2, 0) is 16.0 Å². The van der Waals surface area contributed by atoms with Gasteiger partial charge in [-0.2, -0.15) is 0 Å². The summed E-state index contributed by atoms with van der Waals surface area (Å²) in [6.07, 6.45) is 3.17. The lowest BCUT2D eigenvalue weighted by Gasteiger charge is -2.17. The zero-order valence-electron chi connectivity index (χ0n) is 17.5. The van der Waals surface area contributed by atoms with Gasteiger partial charge >= 0.3 is 5.97 Å². The van der Waals surface area contributed by atoms with Crippen molar-refractivity contribution in [2.45, 2.75) is 31.8 Å². The van der Waals surface area contributed by atoms with Crippen molar-refractivity contribution in [1.82, 2.24) is 5.32 Å². The second kappa shape index (κ2) is 9.22. The van der Waals surface area contributed by atoms with E-state index < -0.39 is 5.92 Å². The molecular formula is C24H27N3O4. The van der Waals surface area contributed by atoms with Crippen LogP contribution in [0.5, 0.6) is 5.75 Å². The second-order valence-corrected chi connectivity index (χ2v) is 7.69. The summed E-state index contributed by atoms with van der Waals surface area (Å²) >= 11 is 0. The van der Waals surface area contributed by atoms with Gasteiger partial charge in [0.15, 0.2) is 0 Å². The highest BCUT2D eigenvalue weighted by Crippen LogP contribution is 2.30. The van der Waals surface area contributed by atoms with Gasteiger partial charge in [-0.15, -0.1) is 0 Å². The highest BCUT2D eigenvalue weighted by atomic mass is 16.5. The minimum atomic E-state index is -0.496.